The van der Waals surface area contributed by atoms with Crippen molar-refractivity contribution in [3.8, 4) is 0 Å². The third kappa shape index (κ3) is 36.1. The normalized spacial score (nSPS) is 13.4. The van der Waals surface area contributed by atoms with Crippen LogP contribution in [0.2, 0.25) is 0 Å². The van der Waals surface area contributed by atoms with E-state index < -0.39 is 16.7 Å². The summed E-state index contributed by atoms with van der Waals surface area (Å²) in [5, 5.41) is 6.02. The smallest absolute Gasteiger partial charge is 0.305 e. The summed E-state index contributed by atoms with van der Waals surface area (Å²) >= 11 is 0. The van der Waals surface area contributed by atoms with Gasteiger partial charge in [0.25, 0.3) is 0 Å². The van der Waals surface area contributed by atoms with Gasteiger partial charge >= 0.3 is 5.97 Å². The molecule has 0 radical (unpaired) electrons. The first kappa shape index (κ1) is 59.0. The molecule has 0 aromatic rings. The Morgan fingerprint density at radius 2 is 0.984 bits per heavy atom. The number of methoxy groups -OCH3 is 1. The second-order valence-electron chi connectivity index (χ2n) is 17.1. The molecule has 17 nitrogen and oxygen atoms in total. The highest BCUT2D eigenvalue weighted by atomic mass is 16.7. The van der Waals surface area contributed by atoms with Crippen molar-refractivity contribution in [2.45, 2.75) is 137 Å². The largest absolute Gasteiger partial charge is 0.466 e. The predicted octanol–water partition coefficient (Wildman–Crippen LogP) is 4.99. The van der Waals surface area contributed by atoms with Gasteiger partial charge in [-0.1, -0.05) is 13.8 Å². The summed E-state index contributed by atoms with van der Waals surface area (Å²) in [6, 6.07) is 0. The Morgan fingerprint density at radius 3 is 1.43 bits per heavy atom. The van der Waals surface area contributed by atoms with Crippen LogP contribution in [-0.2, 0) is 71.2 Å². The molecule has 0 saturated heterocycles. The summed E-state index contributed by atoms with van der Waals surface area (Å²) in [7, 11) is 1.66. The van der Waals surface area contributed by atoms with E-state index >= 15 is 0 Å². The van der Waals surface area contributed by atoms with Crippen LogP contribution in [0.3, 0.4) is 0 Å². The highest BCUT2D eigenvalue weighted by molar-refractivity contribution is 5.85. The molecule has 2 amide bonds. The zero-order valence-corrected chi connectivity index (χ0v) is 39.9. The Bertz CT molecular complexity index is 1110. The summed E-state index contributed by atoms with van der Waals surface area (Å²) in [5.74, 6) is -0.697. The number of unbranched alkanes of at least 4 members (excludes halogenated alkanes) is 1. The third-order valence-corrected chi connectivity index (χ3v) is 9.02. The fraction of sp³-hybridized carbons (Fsp3) is 0.932. The molecule has 362 valence electrons. The number of hydrogen-bond acceptors (Lipinski definition) is 15. The van der Waals surface area contributed by atoms with Gasteiger partial charge in [0.2, 0.25) is 11.8 Å². The SMILES string of the molecule is CCOCCOCCOCCOCOC(C)(C)CC(CC(C)C)(CC(C)(C)OCOCCOCCOCCOCC(C)(C)OC)NC(=O)CNC(=O)CCCCC(=O)OCC. The van der Waals surface area contributed by atoms with Crippen LogP contribution in [0.5, 0.6) is 0 Å². The monoisotopic (exact) mass is 883 g/mol. The van der Waals surface area contributed by atoms with Crippen molar-refractivity contribution in [1.29, 1.82) is 0 Å². The molecule has 0 rings (SSSR count). The van der Waals surface area contributed by atoms with Crippen molar-refractivity contribution in [1.82, 2.24) is 10.6 Å². The molecule has 0 aliphatic rings. The van der Waals surface area contributed by atoms with Gasteiger partial charge in [0.15, 0.2) is 0 Å². The van der Waals surface area contributed by atoms with Crippen molar-refractivity contribution < 1.29 is 71.2 Å². The van der Waals surface area contributed by atoms with E-state index in [1.807, 2.05) is 48.5 Å². The average molecular weight is 883 g/mol. The molecule has 1 unspecified atom stereocenters. The van der Waals surface area contributed by atoms with E-state index in [2.05, 4.69) is 24.5 Å². The average Bonchev–Trinajstić information content (AvgIpc) is 3.17. The first-order valence-electron chi connectivity index (χ1n) is 22.1. The standard InChI is InChI=1S/C44H86N2O15/c1-12-51-18-19-52-20-22-54-25-28-57-35-60-41(5,6)32-44(30-37(3)4,46-39(48)31-45-38(47)16-14-15-17-40(49)59-13-2)33-42(7,8)61-36-58-29-26-55-23-21-53-24-27-56-34-43(9,10)50-11/h37H,12-36H2,1-11H3,(H,45,47)(H,46,48). The summed E-state index contributed by atoms with van der Waals surface area (Å²) in [4.78, 5) is 37.9. The Labute approximate surface area is 367 Å². The number of amides is 2. The number of rotatable bonds is 43. The molecule has 0 fully saturated rings. The molecule has 0 bridgehead atoms. The van der Waals surface area contributed by atoms with Crippen molar-refractivity contribution in [3.05, 3.63) is 0 Å². The maximum atomic E-state index is 13.6. The van der Waals surface area contributed by atoms with Gasteiger partial charge in [-0.2, -0.15) is 0 Å². The van der Waals surface area contributed by atoms with Crippen LogP contribution in [0.25, 0.3) is 0 Å². The van der Waals surface area contributed by atoms with Crippen LogP contribution in [0.1, 0.15) is 114 Å². The lowest BCUT2D eigenvalue weighted by atomic mass is 9.73. The molecule has 0 aromatic heterocycles. The minimum absolute atomic E-state index is 0.0230. The number of ether oxygens (including phenoxy) is 12. The van der Waals surface area contributed by atoms with Crippen molar-refractivity contribution in [3.63, 3.8) is 0 Å². The van der Waals surface area contributed by atoms with Crippen LogP contribution >= 0.6 is 0 Å². The van der Waals surface area contributed by atoms with Crippen molar-refractivity contribution in [2.24, 2.45) is 5.92 Å². The zero-order valence-electron chi connectivity index (χ0n) is 39.9. The number of carbonyl (C=O) groups is 3. The quantitative estimate of drug-likeness (QED) is 0.0474. The molecule has 0 aliphatic heterocycles. The van der Waals surface area contributed by atoms with Crippen LogP contribution < -0.4 is 10.6 Å². The second kappa shape index (κ2) is 35.3. The fourth-order valence-electron chi connectivity index (χ4n) is 6.41. The number of esters is 1. The van der Waals surface area contributed by atoms with Gasteiger partial charge < -0.3 is 67.5 Å². The number of nitrogens with one attached hydrogen (secondary N) is 2. The maximum Gasteiger partial charge on any atom is 0.305 e. The van der Waals surface area contributed by atoms with E-state index in [0.717, 1.165) is 0 Å². The highest BCUT2D eigenvalue weighted by Crippen LogP contribution is 2.37. The number of carbonyl (C=O) groups excluding carboxylic acids is 3. The van der Waals surface area contributed by atoms with Gasteiger partial charge in [0.1, 0.15) is 13.6 Å². The molecule has 1 atom stereocenters. The van der Waals surface area contributed by atoms with Gasteiger partial charge in [-0.3, -0.25) is 14.4 Å². The van der Waals surface area contributed by atoms with Crippen LogP contribution in [-0.4, -0.2) is 166 Å². The van der Waals surface area contributed by atoms with Crippen molar-refractivity contribution >= 4 is 17.8 Å². The van der Waals surface area contributed by atoms with Gasteiger partial charge in [-0.05, 0) is 93.4 Å². The molecule has 0 aliphatic carbocycles. The fourth-order valence-corrected chi connectivity index (χ4v) is 6.41. The van der Waals surface area contributed by atoms with E-state index in [1.165, 1.54) is 0 Å². The predicted molar refractivity (Wildman–Crippen MR) is 231 cm³/mol. The Balaban J connectivity index is 5.26. The van der Waals surface area contributed by atoms with Gasteiger partial charge in [-0.25, -0.2) is 0 Å². The molecule has 0 aromatic carbocycles. The Hall–Kier alpha value is -2.03. The van der Waals surface area contributed by atoms with Gasteiger partial charge in [-0.15, -0.1) is 0 Å². The van der Waals surface area contributed by atoms with E-state index in [4.69, 9.17) is 56.8 Å². The van der Waals surface area contributed by atoms with Gasteiger partial charge in [0.05, 0.1) is 116 Å². The molecule has 0 spiro atoms. The van der Waals surface area contributed by atoms with Crippen LogP contribution in [0.4, 0.5) is 0 Å². The molecular weight excluding hydrogens is 796 g/mol. The second-order valence-corrected chi connectivity index (χ2v) is 17.1. The molecule has 0 saturated carbocycles. The van der Waals surface area contributed by atoms with Crippen LogP contribution in [0.15, 0.2) is 0 Å². The van der Waals surface area contributed by atoms with Crippen molar-refractivity contribution in [2.75, 3.05) is 126 Å². The molecule has 2 N–H and O–H groups in total. The van der Waals surface area contributed by atoms with E-state index in [1.54, 1.807) is 14.0 Å². The summed E-state index contributed by atoms with van der Waals surface area (Å²) in [5.41, 5.74) is -2.61. The van der Waals surface area contributed by atoms with E-state index in [-0.39, 0.29) is 62.3 Å². The molecule has 0 heterocycles. The van der Waals surface area contributed by atoms with E-state index in [0.29, 0.717) is 131 Å². The Morgan fingerprint density at radius 1 is 0.541 bits per heavy atom. The first-order valence-corrected chi connectivity index (χ1v) is 22.1. The third-order valence-electron chi connectivity index (χ3n) is 9.02. The summed E-state index contributed by atoms with van der Waals surface area (Å²) < 4.78 is 67.4. The van der Waals surface area contributed by atoms with E-state index in [9.17, 15) is 14.4 Å². The Kier molecular flexibility index (Phi) is 34.2. The molecular formula is C44H86N2O15. The first-order chi connectivity index (χ1) is 28.9. The van der Waals surface area contributed by atoms with Gasteiger partial charge in [0, 0.05) is 32.1 Å². The lowest BCUT2D eigenvalue weighted by Gasteiger charge is -2.45. The van der Waals surface area contributed by atoms with Crippen LogP contribution in [0, 0.1) is 5.92 Å². The number of hydrogen-bond donors (Lipinski definition) is 2. The topological polar surface area (TPSA) is 186 Å². The lowest BCUT2D eigenvalue weighted by molar-refractivity contribution is -0.162. The summed E-state index contributed by atoms with van der Waals surface area (Å²) in [6.07, 6.45) is 2.93. The minimum atomic E-state index is -0.804. The maximum absolute atomic E-state index is 13.6. The minimum Gasteiger partial charge on any atom is -0.466 e. The highest BCUT2D eigenvalue weighted by Gasteiger charge is 2.43. The molecule has 17 heteroatoms. The zero-order chi connectivity index (χ0) is 45.9. The summed E-state index contributed by atoms with van der Waals surface area (Å²) in [6.45, 7) is 26.3. The lowest BCUT2D eigenvalue weighted by Crippen LogP contribution is -2.58. The molecule has 61 heavy (non-hydrogen) atoms.